The van der Waals surface area contributed by atoms with Crippen LogP contribution in [0.5, 0.6) is 0 Å². The van der Waals surface area contributed by atoms with Crippen molar-refractivity contribution < 1.29 is 4.74 Å². The molecular formula is C13H14BrN3O. The summed E-state index contributed by atoms with van der Waals surface area (Å²) in [6.07, 6.45) is 1.75. The fourth-order valence-corrected chi connectivity index (χ4v) is 1.73. The molecule has 0 aliphatic heterocycles. The summed E-state index contributed by atoms with van der Waals surface area (Å²) in [5.74, 6) is 5.89. The Morgan fingerprint density at radius 3 is 2.33 bits per heavy atom. The Morgan fingerprint density at radius 1 is 1.06 bits per heavy atom. The SMILES string of the molecule is NNc1ccc(COCc2ccc(Br)cc2)cn1. The quantitative estimate of drug-likeness (QED) is 0.659. The van der Waals surface area contributed by atoms with Crippen LogP contribution in [0.1, 0.15) is 11.1 Å². The number of anilines is 1. The van der Waals surface area contributed by atoms with Crippen LogP contribution in [-0.2, 0) is 18.0 Å². The molecule has 0 saturated heterocycles. The molecule has 94 valence electrons. The summed E-state index contributed by atoms with van der Waals surface area (Å²) in [6.45, 7) is 1.12. The minimum atomic E-state index is 0.536. The van der Waals surface area contributed by atoms with Gasteiger partial charge in [-0.15, -0.1) is 0 Å². The van der Waals surface area contributed by atoms with Gasteiger partial charge in [0.25, 0.3) is 0 Å². The topological polar surface area (TPSA) is 60.2 Å². The fraction of sp³-hybridized carbons (Fsp3) is 0.154. The number of aromatic nitrogens is 1. The maximum absolute atomic E-state index is 5.61. The van der Waals surface area contributed by atoms with Gasteiger partial charge in [-0.05, 0) is 29.3 Å². The van der Waals surface area contributed by atoms with Crippen molar-refractivity contribution in [1.82, 2.24) is 4.98 Å². The Balaban J connectivity index is 1.82. The van der Waals surface area contributed by atoms with E-state index in [4.69, 9.17) is 10.6 Å². The molecule has 0 spiro atoms. The van der Waals surface area contributed by atoms with E-state index in [1.165, 1.54) is 0 Å². The van der Waals surface area contributed by atoms with Gasteiger partial charge in [0.1, 0.15) is 5.82 Å². The van der Waals surface area contributed by atoms with Gasteiger partial charge in [0, 0.05) is 10.7 Å². The second-order valence-electron chi connectivity index (χ2n) is 3.82. The van der Waals surface area contributed by atoms with Crippen molar-refractivity contribution in [2.75, 3.05) is 5.43 Å². The number of ether oxygens (including phenoxy) is 1. The lowest BCUT2D eigenvalue weighted by molar-refractivity contribution is 0.107. The number of halogens is 1. The number of nitrogens with zero attached hydrogens (tertiary/aromatic N) is 1. The third-order valence-electron chi connectivity index (χ3n) is 2.42. The van der Waals surface area contributed by atoms with Gasteiger partial charge in [-0.2, -0.15) is 0 Å². The van der Waals surface area contributed by atoms with E-state index in [-0.39, 0.29) is 0 Å². The number of hydrogen-bond donors (Lipinski definition) is 2. The third kappa shape index (κ3) is 3.80. The number of hydrogen-bond acceptors (Lipinski definition) is 4. The summed E-state index contributed by atoms with van der Waals surface area (Å²) in [4.78, 5) is 4.11. The molecule has 0 unspecified atom stereocenters. The molecule has 0 aliphatic carbocycles. The molecule has 0 amide bonds. The molecule has 1 aromatic carbocycles. The van der Waals surface area contributed by atoms with Crippen LogP contribution in [0, 0.1) is 0 Å². The van der Waals surface area contributed by atoms with Crippen LogP contribution in [-0.4, -0.2) is 4.98 Å². The van der Waals surface area contributed by atoms with E-state index in [1.807, 2.05) is 36.4 Å². The predicted molar refractivity (Wildman–Crippen MR) is 74.7 cm³/mol. The van der Waals surface area contributed by atoms with Crippen LogP contribution in [0.4, 0.5) is 5.82 Å². The Morgan fingerprint density at radius 2 is 1.72 bits per heavy atom. The summed E-state index contributed by atoms with van der Waals surface area (Å²) in [5.41, 5.74) is 4.65. The highest BCUT2D eigenvalue weighted by molar-refractivity contribution is 9.10. The molecule has 5 heteroatoms. The average Bonchev–Trinajstić information content (AvgIpc) is 2.42. The fourth-order valence-electron chi connectivity index (χ4n) is 1.46. The van der Waals surface area contributed by atoms with E-state index in [2.05, 4.69) is 26.3 Å². The zero-order chi connectivity index (χ0) is 12.8. The lowest BCUT2D eigenvalue weighted by Crippen LogP contribution is -2.08. The highest BCUT2D eigenvalue weighted by Crippen LogP contribution is 2.12. The summed E-state index contributed by atoms with van der Waals surface area (Å²) in [6, 6.07) is 11.8. The molecule has 2 aromatic rings. The van der Waals surface area contributed by atoms with Crippen LogP contribution >= 0.6 is 15.9 Å². The average molecular weight is 308 g/mol. The van der Waals surface area contributed by atoms with Crippen LogP contribution < -0.4 is 11.3 Å². The normalized spacial score (nSPS) is 10.3. The molecule has 1 aromatic heterocycles. The maximum Gasteiger partial charge on any atom is 0.139 e. The van der Waals surface area contributed by atoms with E-state index in [0.29, 0.717) is 19.0 Å². The van der Waals surface area contributed by atoms with Crippen molar-refractivity contribution in [2.45, 2.75) is 13.2 Å². The Kier molecular flexibility index (Phi) is 4.69. The molecule has 0 aliphatic rings. The van der Waals surface area contributed by atoms with Gasteiger partial charge in [-0.3, -0.25) is 0 Å². The van der Waals surface area contributed by atoms with Gasteiger partial charge in [-0.1, -0.05) is 34.1 Å². The molecular weight excluding hydrogens is 294 g/mol. The van der Waals surface area contributed by atoms with E-state index >= 15 is 0 Å². The first-order valence-electron chi connectivity index (χ1n) is 5.51. The number of nitrogens with two attached hydrogens (primary N) is 1. The molecule has 0 saturated carbocycles. The van der Waals surface area contributed by atoms with E-state index in [0.717, 1.165) is 15.6 Å². The molecule has 2 rings (SSSR count). The highest BCUT2D eigenvalue weighted by Gasteiger charge is 1.97. The molecule has 0 radical (unpaired) electrons. The van der Waals surface area contributed by atoms with Gasteiger partial charge in [0.05, 0.1) is 13.2 Å². The Hall–Kier alpha value is -1.43. The molecule has 3 N–H and O–H groups in total. The van der Waals surface area contributed by atoms with Crippen LogP contribution in [0.3, 0.4) is 0 Å². The minimum absolute atomic E-state index is 0.536. The van der Waals surface area contributed by atoms with Gasteiger partial charge < -0.3 is 10.2 Å². The van der Waals surface area contributed by atoms with E-state index in [1.54, 1.807) is 6.20 Å². The summed E-state index contributed by atoms with van der Waals surface area (Å²) >= 11 is 3.40. The Labute approximate surface area is 114 Å². The lowest BCUT2D eigenvalue weighted by atomic mass is 10.2. The molecule has 4 nitrogen and oxygen atoms in total. The van der Waals surface area contributed by atoms with Gasteiger partial charge in [0.2, 0.25) is 0 Å². The largest absolute Gasteiger partial charge is 0.372 e. The van der Waals surface area contributed by atoms with E-state index < -0.39 is 0 Å². The van der Waals surface area contributed by atoms with Crippen molar-refractivity contribution in [1.29, 1.82) is 0 Å². The van der Waals surface area contributed by atoms with Gasteiger partial charge >= 0.3 is 0 Å². The standard InChI is InChI=1S/C13H14BrN3O/c14-12-4-1-10(2-5-12)8-18-9-11-3-6-13(17-15)16-7-11/h1-7H,8-9,15H2,(H,16,17). The van der Waals surface area contributed by atoms with Crippen molar-refractivity contribution in [3.05, 3.63) is 58.2 Å². The minimum Gasteiger partial charge on any atom is -0.372 e. The third-order valence-corrected chi connectivity index (χ3v) is 2.95. The second kappa shape index (κ2) is 6.49. The number of rotatable bonds is 5. The second-order valence-corrected chi connectivity index (χ2v) is 4.73. The zero-order valence-corrected chi connectivity index (χ0v) is 11.4. The molecule has 1 heterocycles. The number of nitrogen functional groups attached to an aromatic ring is 1. The Bertz CT molecular complexity index is 485. The van der Waals surface area contributed by atoms with Crippen LogP contribution in [0.2, 0.25) is 0 Å². The van der Waals surface area contributed by atoms with Crippen molar-refractivity contribution >= 4 is 21.7 Å². The number of pyridine rings is 1. The molecule has 0 atom stereocenters. The first-order chi connectivity index (χ1) is 8.78. The summed E-state index contributed by atoms with van der Waals surface area (Å²) < 4.78 is 6.68. The number of hydrazine groups is 1. The van der Waals surface area contributed by atoms with Crippen molar-refractivity contribution in [2.24, 2.45) is 5.84 Å². The van der Waals surface area contributed by atoms with E-state index in [9.17, 15) is 0 Å². The monoisotopic (exact) mass is 307 g/mol. The van der Waals surface area contributed by atoms with Crippen LogP contribution in [0.25, 0.3) is 0 Å². The molecule has 0 fully saturated rings. The predicted octanol–water partition coefficient (Wildman–Crippen LogP) is 2.85. The summed E-state index contributed by atoms with van der Waals surface area (Å²) in [5, 5.41) is 0. The molecule has 0 bridgehead atoms. The number of benzene rings is 1. The summed E-state index contributed by atoms with van der Waals surface area (Å²) in [7, 11) is 0. The van der Waals surface area contributed by atoms with Gasteiger partial charge in [-0.25, -0.2) is 10.8 Å². The molecule has 18 heavy (non-hydrogen) atoms. The number of nitrogens with one attached hydrogen (secondary N) is 1. The first-order valence-corrected chi connectivity index (χ1v) is 6.31. The van der Waals surface area contributed by atoms with Crippen molar-refractivity contribution in [3.63, 3.8) is 0 Å². The first kappa shape index (κ1) is 13.0. The highest BCUT2D eigenvalue weighted by atomic mass is 79.9. The maximum atomic E-state index is 5.61. The lowest BCUT2D eigenvalue weighted by Gasteiger charge is -2.05. The zero-order valence-electron chi connectivity index (χ0n) is 9.77. The van der Waals surface area contributed by atoms with Crippen LogP contribution in [0.15, 0.2) is 47.1 Å². The van der Waals surface area contributed by atoms with Gasteiger partial charge in [0.15, 0.2) is 0 Å². The smallest absolute Gasteiger partial charge is 0.139 e. The van der Waals surface area contributed by atoms with Crippen molar-refractivity contribution in [3.8, 4) is 0 Å².